The van der Waals surface area contributed by atoms with Crippen molar-refractivity contribution in [3.63, 3.8) is 0 Å². The standard InChI is InChI=1S/C11H19BO3S/c1-10(2)11(3,4)15-12(14-10)9-5-7-16(13)8-6-9/h5H,6-8H2,1-4H3. The molecule has 0 aliphatic carbocycles. The van der Waals surface area contributed by atoms with Gasteiger partial charge in [-0.05, 0) is 39.6 Å². The summed E-state index contributed by atoms with van der Waals surface area (Å²) in [6, 6.07) is 0. The first-order chi connectivity index (χ1) is 7.32. The van der Waals surface area contributed by atoms with Crippen molar-refractivity contribution in [2.24, 2.45) is 0 Å². The van der Waals surface area contributed by atoms with Crippen molar-refractivity contribution in [3.05, 3.63) is 11.5 Å². The summed E-state index contributed by atoms with van der Waals surface area (Å²) in [5, 5.41) is 0. The Morgan fingerprint density at radius 2 is 1.81 bits per heavy atom. The first-order valence-electron chi connectivity index (χ1n) is 5.71. The van der Waals surface area contributed by atoms with E-state index in [1.807, 2.05) is 6.08 Å². The average molecular weight is 242 g/mol. The molecule has 1 unspecified atom stereocenters. The maximum absolute atomic E-state index is 11.3. The van der Waals surface area contributed by atoms with Gasteiger partial charge < -0.3 is 9.31 Å². The van der Waals surface area contributed by atoms with Crippen LogP contribution in [0.15, 0.2) is 11.5 Å². The summed E-state index contributed by atoms with van der Waals surface area (Å²) in [6.07, 6.45) is 2.84. The zero-order chi connectivity index (χ0) is 12.0. The van der Waals surface area contributed by atoms with Crippen molar-refractivity contribution in [2.75, 3.05) is 11.5 Å². The molecular weight excluding hydrogens is 223 g/mol. The fourth-order valence-corrected chi connectivity index (χ4v) is 2.86. The first-order valence-corrected chi connectivity index (χ1v) is 7.20. The zero-order valence-electron chi connectivity index (χ0n) is 10.4. The van der Waals surface area contributed by atoms with Crippen LogP contribution in [0.25, 0.3) is 0 Å². The highest BCUT2D eigenvalue weighted by Gasteiger charge is 2.52. The number of hydrogen-bond donors (Lipinski definition) is 0. The summed E-state index contributed by atoms with van der Waals surface area (Å²) in [5.74, 6) is 1.37. The topological polar surface area (TPSA) is 35.5 Å². The predicted molar refractivity (Wildman–Crippen MR) is 66.7 cm³/mol. The van der Waals surface area contributed by atoms with Gasteiger partial charge in [-0.1, -0.05) is 6.08 Å². The third-order valence-electron chi connectivity index (χ3n) is 3.71. The third-order valence-corrected chi connectivity index (χ3v) is 4.90. The molecule has 2 aliphatic rings. The van der Waals surface area contributed by atoms with E-state index in [2.05, 4.69) is 27.7 Å². The molecule has 3 nitrogen and oxygen atoms in total. The second-order valence-electron chi connectivity index (χ2n) is 5.43. The van der Waals surface area contributed by atoms with Gasteiger partial charge in [-0.2, -0.15) is 0 Å². The number of hydrogen-bond acceptors (Lipinski definition) is 3. The molecule has 0 spiro atoms. The Morgan fingerprint density at radius 1 is 1.25 bits per heavy atom. The monoisotopic (exact) mass is 242 g/mol. The van der Waals surface area contributed by atoms with Crippen molar-refractivity contribution in [2.45, 2.75) is 45.3 Å². The average Bonchev–Trinajstić information content (AvgIpc) is 2.37. The molecular formula is C11H19BO3S. The molecule has 0 radical (unpaired) electrons. The highest BCUT2D eigenvalue weighted by molar-refractivity contribution is 7.85. The lowest BCUT2D eigenvalue weighted by molar-refractivity contribution is 0.00578. The van der Waals surface area contributed by atoms with Crippen LogP contribution in [-0.2, 0) is 20.1 Å². The molecule has 2 heterocycles. The van der Waals surface area contributed by atoms with Gasteiger partial charge in [-0.3, -0.25) is 4.21 Å². The van der Waals surface area contributed by atoms with Gasteiger partial charge in [-0.25, -0.2) is 0 Å². The van der Waals surface area contributed by atoms with Crippen LogP contribution in [0.1, 0.15) is 34.1 Å². The lowest BCUT2D eigenvalue weighted by Gasteiger charge is -2.32. The molecule has 2 aliphatic heterocycles. The predicted octanol–water partition coefficient (Wildman–Crippen LogP) is 1.70. The minimum atomic E-state index is -0.687. The van der Waals surface area contributed by atoms with Crippen LogP contribution in [-0.4, -0.2) is 34.0 Å². The smallest absolute Gasteiger partial charge is 0.400 e. The number of allylic oxidation sites excluding steroid dienone is 1. The summed E-state index contributed by atoms with van der Waals surface area (Å²) < 4.78 is 23.2. The van der Waals surface area contributed by atoms with Crippen LogP contribution >= 0.6 is 0 Å². The lowest BCUT2D eigenvalue weighted by atomic mass is 9.76. The van der Waals surface area contributed by atoms with Crippen LogP contribution in [0.5, 0.6) is 0 Å². The van der Waals surface area contributed by atoms with Gasteiger partial charge in [0.15, 0.2) is 0 Å². The van der Waals surface area contributed by atoms with E-state index < -0.39 is 10.8 Å². The van der Waals surface area contributed by atoms with E-state index in [4.69, 9.17) is 9.31 Å². The van der Waals surface area contributed by atoms with E-state index in [9.17, 15) is 4.21 Å². The summed E-state index contributed by atoms with van der Waals surface area (Å²) >= 11 is 0. The maximum Gasteiger partial charge on any atom is 0.490 e. The molecule has 1 saturated heterocycles. The molecule has 1 atom stereocenters. The Morgan fingerprint density at radius 3 is 2.25 bits per heavy atom. The van der Waals surface area contributed by atoms with Crippen molar-refractivity contribution < 1.29 is 13.5 Å². The highest BCUT2D eigenvalue weighted by Crippen LogP contribution is 2.39. The first kappa shape index (κ1) is 12.3. The molecule has 2 rings (SSSR count). The Kier molecular flexibility index (Phi) is 3.06. The van der Waals surface area contributed by atoms with Gasteiger partial charge in [0.25, 0.3) is 0 Å². The Bertz CT molecular complexity index is 333. The molecule has 5 heteroatoms. The second-order valence-corrected chi connectivity index (χ2v) is 7.05. The zero-order valence-corrected chi connectivity index (χ0v) is 11.2. The molecule has 90 valence electrons. The summed E-state index contributed by atoms with van der Waals surface area (Å²) in [7, 11) is -0.935. The normalized spacial score (nSPS) is 32.6. The van der Waals surface area contributed by atoms with E-state index in [-0.39, 0.29) is 18.3 Å². The second kappa shape index (κ2) is 3.96. The fraction of sp³-hybridized carbons (Fsp3) is 0.818. The van der Waals surface area contributed by atoms with Gasteiger partial charge >= 0.3 is 7.12 Å². The maximum atomic E-state index is 11.3. The lowest BCUT2D eigenvalue weighted by Crippen LogP contribution is -2.41. The Labute approximate surface area is 100 Å². The molecule has 1 fully saturated rings. The quantitative estimate of drug-likeness (QED) is 0.656. The van der Waals surface area contributed by atoms with Crippen LogP contribution in [0.4, 0.5) is 0 Å². The van der Waals surface area contributed by atoms with E-state index in [1.54, 1.807) is 0 Å². The summed E-state index contributed by atoms with van der Waals surface area (Å²) in [5.41, 5.74) is 0.586. The summed E-state index contributed by atoms with van der Waals surface area (Å²) in [6.45, 7) is 8.20. The van der Waals surface area contributed by atoms with Crippen molar-refractivity contribution in [3.8, 4) is 0 Å². The van der Waals surface area contributed by atoms with Crippen LogP contribution in [0.3, 0.4) is 0 Å². The largest absolute Gasteiger partial charge is 0.490 e. The Balaban J connectivity index is 2.12. The Hall–Kier alpha value is -0.125. The van der Waals surface area contributed by atoms with E-state index >= 15 is 0 Å². The minimum Gasteiger partial charge on any atom is -0.400 e. The van der Waals surface area contributed by atoms with E-state index in [0.29, 0.717) is 5.75 Å². The molecule has 0 saturated carbocycles. The van der Waals surface area contributed by atoms with Gasteiger partial charge in [0.1, 0.15) is 0 Å². The fourth-order valence-electron chi connectivity index (χ4n) is 1.83. The van der Waals surface area contributed by atoms with Gasteiger partial charge in [0, 0.05) is 22.3 Å². The molecule has 0 amide bonds. The van der Waals surface area contributed by atoms with Gasteiger partial charge in [0.05, 0.1) is 11.2 Å². The third kappa shape index (κ3) is 2.13. The molecule has 16 heavy (non-hydrogen) atoms. The van der Waals surface area contributed by atoms with Crippen LogP contribution < -0.4 is 0 Å². The molecule has 0 aromatic heterocycles. The van der Waals surface area contributed by atoms with Crippen molar-refractivity contribution in [1.29, 1.82) is 0 Å². The summed E-state index contributed by atoms with van der Waals surface area (Å²) in [4.78, 5) is 0. The van der Waals surface area contributed by atoms with E-state index in [1.165, 1.54) is 0 Å². The van der Waals surface area contributed by atoms with Crippen molar-refractivity contribution >= 4 is 17.9 Å². The SMILES string of the molecule is CC1(C)OB(C2=CCS(=O)CC2)OC1(C)C. The molecule has 0 N–H and O–H groups in total. The van der Waals surface area contributed by atoms with Gasteiger partial charge in [-0.15, -0.1) is 0 Å². The number of rotatable bonds is 1. The van der Waals surface area contributed by atoms with Crippen LogP contribution in [0.2, 0.25) is 0 Å². The van der Waals surface area contributed by atoms with Crippen molar-refractivity contribution in [1.82, 2.24) is 0 Å². The minimum absolute atomic E-state index is 0.248. The molecule has 0 bridgehead atoms. The van der Waals surface area contributed by atoms with Crippen LogP contribution in [0, 0.1) is 0 Å². The van der Waals surface area contributed by atoms with E-state index in [0.717, 1.165) is 17.6 Å². The molecule has 0 aromatic rings. The highest BCUT2D eigenvalue weighted by atomic mass is 32.2. The van der Waals surface area contributed by atoms with Gasteiger partial charge in [0.2, 0.25) is 0 Å². The molecule has 0 aromatic carbocycles.